The number of hydrogen-bond donors (Lipinski definition) is 2. The van der Waals surface area contributed by atoms with E-state index in [9.17, 15) is 5.21 Å². The molecule has 1 aliphatic rings. The van der Waals surface area contributed by atoms with Gasteiger partial charge in [0.05, 0.1) is 17.1 Å². The van der Waals surface area contributed by atoms with Crippen molar-refractivity contribution < 1.29 is 5.21 Å². The van der Waals surface area contributed by atoms with Crippen molar-refractivity contribution in [2.24, 2.45) is 5.41 Å². The first-order valence-electron chi connectivity index (χ1n) is 8.34. The van der Waals surface area contributed by atoms with Crippen LogP contribution in [0.5, 0.6) is 0 Å². The largest absolute Gasteiger partial charge is 0.276 e. The van der Waals surface area contributed by atoms with Crippen LogP contribution in [-0.4, -0.2) is 10.5 Å². The summed E-state index contributed by atoms with van der Waals surface area (Å²) in [6.07, 6.45) is 1.08. The van der Waals surface area contributed by atoms with Crippen molar-refractivity contribution in [3.05, 3.63) is 54.1 Å². The van der Waals surface area contributed by atoms with E-state index in [0.29, 0.717) is 0 Å². The van der Waals surface area contributed by atoms with E-state index in [1.165, 1.54) is 5.56 Å². The second kappa shape index (κ2) is 5.80. The van der Waals surface area contributed by atoms with Crippen LogP contribution in [0.3, 0.4) is 0 Å². The summed E-state index contributed by atoms with van der Waals surface area (Å²) in [4.78, 5) is 0. The van der Waals surface area contributed by atoms with Crippen molar-refractivity contribution in [3.63, 3.8) is 0 Å². The van der Waals surface area contributed by atoms with Gasteiger partial charge in [-0.2, -0.15) is 0 Å². The van der Waals surface area contributed by atoms with E-state index >= 15 is 0 Å². The van der Waals surface area contributed by atoms with Gasteiger partial charge in [0, 0.05) is 5.28 Å². The summed E-state index contributed by atoms with van der Waals surface area (Å²) in [7, 11) is 0. The Kier molecular flexibility index (Phi) is 4.06. The van der Waals surface area contributed by atoms with Crippen molar-refractivity contribution in [2.45, 2.75) is 46.5 Å². The minimum absolute atomic E-state index is 0.0587. The van der Waals surface area contributed by atoms with Crippen molar-refractivity contribution in [2.75, 3.05) is 10.4 Å². The molecule has 0 aliphatic carbocycles. The van der Waals surface area contributed by atoms with Crippen LogP contribution in [-0.2, 0) is 5.41 Å². The summed E-state index contributed by atoms with van der Waals surface area (Å²) in [5.74, 6) is 0. The Balaban J connectivity index is 1.95. The molecule has 1 radical (unpaired) electrons. The first kappa shape index (κ1) is 16.8. The van der Waals surface area contributed by atoms with Gasteiger partial charge in [0.15, 0.2) is 0 Å². The van der Waals surface area contributed by atoms with Gasteiger partial charge in [0.2, 0.25) is 0 Å². The highest BCUT2D eigenvalue weighted by molar-refractivity contribution is 5.79. The Hall–Kier alpha value is -2.04. The summed E-state index contributed by atoms with van der Waals surface area (Å²) < 4.78 is 0. The van der Waals surface area contributed by atoms with E-state index in [1.54, 1.807) is 5.01 Å². The van der Waals surface area contributed by atoms with Gasteiger partial charge in [-0.05, 0) is 53.1 Å². The number of benzene rings is 2. The topological polar surface area (TPSA) is 38.7 Å². The minimum atomic E-state index is 0.0587. The van der Waals surface area contributed by atoms with Crippen LogP contribution in [0.1, 0.15) is 46.6 Å². The number of fused-ring (bicyclic) bond motifs is 1. The number of hydrogen-bond acceptors (Lipinski definition) is 4. The molecule has 0 unspecified atom stereocenters. The predicted molar refractivity (Wildman–Crippen MR) is 98.2 cm³/mol. The Morgan fingerprint density at radius 2 is 1.88 bits per heavy atom. The van der Waals surface area contributed by atoms with Crippen molar-refractivity contribution in [3.8, 4) is 0 Å². The zero-order valence-corrected chi connectivity index (χ0v) is 15.1. The molecule has 24 heavy (non-hydrogen) atoms. The molecule has 2 aromatic rings. The highest BCUT2D eigenvalue weighted by atomic mass is 16.6. The fourth-order valence-electron chi connectivity index (χ4n) is 3.68. The standard InChI is InChI=1S/C20H26N3O/c1-19(2,3)14-20(4,5)15-11-12-18-17(13-15)21-23(24)22(18)16-9-7-6-8-10-16/h6-7,9-13,21,24H,14H2,1-5H3. The number of nitrogens with one attached hydrogen (secondary N) is 1. The molecule has 0 amide bonds. The Morgan fingerprint density at radius 1 is 1.12 bits per heavy atom. The van der Waals surface area contributed by atoms with Crippen LogP contribution in [0, 0.1) is 11.5 Å². The van der Waals surface area contributed by atoms with Gasteiger partial charge in [-0.15, -0.1) is 0 Å². The zero-order valence-electron chi connectivity index (χ0n) is 15.1. The van der Waals surface area contributed by atoms with Gasteiger partial charge < -0.3 is 0 Å². The molecular formula is C20H26N3O. The van der Waals surface area contributed by atoms with Crippen LogP contribution < -0.4 is 10.4 Å². The molecule has 0 saturated carbocycles. The molecule has 1 heterocycles. The van der Waals surface area contributed by atoms with E-state index in [2.05, 4.69) is 64.3 Å². The van der Waals surface area contributed by atoms with Gasteiger partial charge in [-0.3, -0.25) is 10.6 Å². The fraction of sp³-hybridized carbons (Fsp3) is 0.400. The smallest absolute Gasteiger partial charge is 0.0868 e. The molecule has 2 aromatic carbocycles. The first-order valence-corrected chi connectivity index (χ1v) is 8.34. The molecule has 1 aliphatic heterocycles. The first-order chi connectivity index (χ1) is 11.2. The van der Waals surface area contributed by atoms with E-state index in [-0.39, 0.29) is 10.8 Å². The van der Waals surface area contributed by atoms with Gasteiger partial charge in [-0.1, -0.05) is 52.8 Å². The lowest BCUT2D eigenvalue weighted by Gasteiger charge is -2.33. The molecular weight excluding hydrogens is 298 g/mol. The monoisotopic (exact) mass is 324 g/mol. The molecule has 3 rings (SSSR count). The number of rotatable bonds is 3. The molecule has 0 saturated heterocycles. The Bertz CT molecular complexity index is 719. The van der Waals surface area contributed by atoms with Gasteiger partial charge in [0.1, 0.15) is 0 Å². The maximum absolute atomic E-state index is 10.3. The van der Waals surface area contributed by atoms with Gasteiger partial charge in [-0.25, -0.2) is 5.01 Å². The quantitative estimate of drug-likeness (QED) is 0.805. The third-order valence-electron chi connectivity index (χ3n) is 4.32. The molecule has 4 heteroatoms. The molecule has 127 valence electrons. The van der Waals surface area contributed by atoms with Gasteiger partial charge >= 0.3 is 0 Å². The maximum atomic E-state index is 10.3. The molecule has 2 N–H and O–H groups in total. The number of hydrazine groups is 2. The van der Waals surface area contributed by atoms with Crippen LogP contribution in [0.2, 0.25) is 0 Å². The summed E-state index contributed by atoms with van der Waals surface area (Å²) in [5, 5.41) is 13.0. The van der Waals surface area contributed by atoms with E-state index in [0.717, 1.165) is 28.8 Å². The second-order valence-corrected chi connectivity index (χ2v) is 8.33. The summed E-state index contributed by atoms with van der Waals surface area (Å²) in [5.41, 5.74) is 7.28. The summed E-state index contributed by atoms with van der Waals surface area (Å²) >= 11 is 0. The average Bonchev–Trinajstić information content (AvgIpc) is 2.80. The average molecular weight is 324 g/mol. The molecule has 0 spiro atoms. The third kappa shape index (κ3) is 3.25. The van der Waals surface area contributed by atoms with E-state index in [4.69, 9.17) is 0 Å². The highest BCUT2D eigenvalue weighted by Crippen LogP contribution is 2.43. The van der Waals surface area contributed by atoms with Gasteiger partial charge in [0.25, 0.3) is 0 Å². The lowest BCUT2D eigenvalue weighted by molar-refractivity contribution is -0.0595. The minimum Gasteiger partial charge on any atom is -0.276 e. The summed E-state index contributed by atoms with van der Waals surface area (Å²) in [6.45, 7) is 11.3. The van der Waals surface area contributed by atoms with Crippen LogP contribution in [0.25, 0.3) is 0 Å². The lowest BCUT2D eigenvalue weighted by atomic mass is 9.72. The van der Waals surface area contributed by atoms with Crippen molar-refractivity contribution in [1.29, 1.82) is 0 Å². The van der Waals surface area contributed by atoms with Crippen molar-refractivity contribution in [1.82, 2.24) is 5.28 Å². The Morgan fingerprint density at radius 3 is 2.50 bits per heavy atom. The molecule has 0 fully saturated rings. The van der Waals surface area contributed by atoms with Crippen molar-refractivity contribution >= 4 is 17.1 Å². The maximum Gasteiger partial charge on any atom is 0.0868 e. The second-order valence-electron chi connectivity index (χ2n) is 8.33. The molecule has 0 atom stereocenters. The summed E-state index contributed by atoms with van der Waals surface area (Å²) in [6, 6.07) is 16.9. The molecule has 0 aromatic heterocycles. The predicted octanol–water partition coefficient (Wildman–Crippen LogP) is 5.29. The SMILES string of the molecule is CC(C)(C)CC(C)(C)c1ccc2c(c1)NN(O)N2c1c[c]ccc1. The van der Waals surface area contributed by atoms with Crippen LogP contribution in [0.15, 0.2) is 42.5 Å². The third-order valence-corrected chi connectivity index (χ3v) is 4.32. The molecule has 0 bridgehead atoms. The normalized spacial score (nSPS) is 15.3. The van der Waals surface area contributed by atoms with E-state index < -0.39 is 0 Å². The zero-order chi connectivity index (χ0) is 17.5. The Labute approximate surface area is 144 Å². The van der Waals surface area contributed by atoms with E-state index in [1.807, 2.05) is 24.3 Å². The van der Waals surface area contributed by atoms with Crippen LogP contribution >= 0.6 is 0 Å². The lowest BCUT2D eigenvalue weighted by Crippen LogP contribution is -2.34. The fourth-order valence-corrected chi connectivity index (χ4v) is 3.68. The number of anilines is 3. The van der Waals surface area contributed by atoms with Crippen LogP contribution in [0.4, 0.5) is 17.1 Å². The molecule has 4 nitrogen and oxygen atoms in total. The highest BCUT2D eigenvalue weighted by Gasteiger charge is 2.31. The number of nitrogens with zero attached hydrogens (tertiary/aromatic N) is 2.